The molecule has 1 aromatic heterocycles. The summed E-state index contributed by atoms with van der Waals surface area (Å²) in [5.74, 6) is -0.336. The molecule has 0 fully saturated rings. The van der Waals surface area contributed by atoms with Gasteiger partial charge in [-0.2, -0.15) is 18.3 Å². The Morgan fingerprint density at radius 1 is 1.35 bits per heavy atom. The summed E-state index contributed by atoms with van der Waals surface area (Å²) in [6.07, 6.45) is -1.71. The molecule has 1 aromatic carbocycles. The van der Waals surface area contributed by atoms with Gasteiger partial charge in [-0.25, -0.2) is 0 Å². The van der Waals surface area contributed by atoms with Crippen LogP contribution < -0.4 is 10.5 Å². The van der Waals surface area contributed by atoms with Crippen LogP contribution in [0.5, 0.6) is 11.5 Å². The first-order valence-corrected chi connectivity index (χ1v) is 5.49. The van der Waals surface area contributed by atoms with Gasteiger partial charge in [-0.1, -0.05) is 0 Å². The van der Waals surface area contributed by atoms with E-state index in [2.05, 4.69) is 5.10 Å². The van der Waals surface area contributed by atoms with Gasteiger partial charge in [0.2, 0.25) is 0 Å². The van der Waals surface area contributed by atoms with Crippen molar-refractivity contribution in [2.45, 2.75) is 6.18 Å². The molecule has 0 saturated heterocycles. The number of alkyl halides is 3. The fraction of sp³-hybridized carbons (Fsp3) is 0.167. The van der Waals surface area contributed by atoms with Crippen LogP contribution in [0.25, 0.3) is 0 Å². The van der Waals surface area contributed by atoms with Gasteiger partial charge in [-0.05, 0) is 18.2 Å². The van der Waals surface area contributed by atoms with Gasteiger partial charge >= 0.3 is 6.18 Å². The van der Waals surface area contributed by atoms with Crippen molar-refractivity contribution in [3.63, 3.8) is 0 Å². The van der Waals surface area contributed by atoms with Crippen LogP contribution in [-0.4, -0.2) is 15.6 Å². The van der Waals surface area contributed by atoms with Gasteiger partial charge in [0.05, 0.1) is 18.0 Å². The van der Waals surface area contributed by atoms with Crippen LogP contribution in [0.2, 0.25) is 0 Å². The van der Waals surface area contributed by atoms with Crippen molar-refractivity contribution in [1.82, 2.24) is 9.78 Å². The SMILES string of the molecule is Cn1cc(Oc2ccc(C(=N)N)c(C(F)(F)F)c2)cn1. The third-order valence-corrected chi connectivity index (χ3v) is 2.50. The number of hydrogen-bond donors (Lipinski definition) is 2. The van der Waals surface area contributed by atoms with E-state index in [0.717, 1.165) is 12.1 Å². The average Bonchev–Trinajstić information content (AvgIpc) is 2.73. The number of rotatable bonds is 3. The van der Waals surface area contributed by atoms with Crippen molar-refractivity contribution in [1.29, 1.82) is 5.41 Å². The number of nitrogen functional groups attached to an aromatic ring is 1. The highest BCUT2D eigenvalue weighted by atomic mass is 19.4. The smallest absolute Gasteiger partial charge is 0.417 e. The Labute approximate surface area is 112 Å². The van der Waals surface area contributed by atoms with Crippen LogP contribution >= 0.6 is 0 Å². The second kappa shape index (κ2) is 4.87. The maximum atomic E-state index is 12.9. The second-order valence-electron chi connectivity index (χ2n) is 4.07. The Hall–Kier alpha value is -2.51. The van der Waals surface area contributed by atoms with Gasteiger partial charge in [0, 0.05) is 12.6 Å². The number of hydrogen-bond acceptors (Lipinski definition) is 3. The maximum Gasteiger partial charge on any atom is 0.417 e. The van der Waals surface area contributed by atoms with E-state index in [4.69, 9.17) is 15.9 Å². The highest BCUT2D eigenvalue weighted by Crippen LogP contribution is 2.35. The maximum absolute atomic E-state index is 12.9. The largest absolute Gasteiger partial charge is 0.454 e. The van der Waals surface area contributed by atoms with E-state index in [0.29, 0.717) is 5.75 Å². The summed E-state index contributed by atoms with van der Waals surface area (Å²) in [6.45, 7) is 0. The molecule has 0 atom stereocenters. The van der Waals surface area contributed by atoms with E-state index < -0.39 is 17.6 Å². The molecule has 1 heterocycles. The molecule has 20 heavy (non-hydrogen) atoms. The molecule has 5 nitrogen and oxygen atoms in total. The fourth-order valence-corrected chi connectivity index (χ4v) is 1.64. The fourth-order valence-electron chi connectivity index (χ4n) is 1.64. The zero-order chi connectivity index (χ0) is 14.9. The summed E-state index contributed by atoms with van der Waals surface area (Å²) in [4.78, 5) is 0. The topological polar surface area (TPSA) is 76.9 Å². The summed E-state index contributed by atoms with van der Waals surface area (Å²) < 4.78 is 45.5. The number of halogens is 3. The van der Waals surface area contributed by atoms with Gasteiger partial charge in [-0.15, -0.1) is 0 Å². The summed E-state index contributed by atoms with van der Waals surface area (Å²) in [5, 5.41) is 11.0. The highest BCUT2D eigenvalue weighted by molar-refractivity contribution is 5.96. The van der Waals surface area contributed by atoms with Crippen LogP contribution in [0.15, 0.2) is 30.6 Å². The lowest BCUT2D eigenvalue weighted by atomic mass is 10.1. The van der Waals surface area contributed by atoms with Gasteiger partial charge in [0.25, 0.3) is 0 Å². The number of nitrogens with zero attached hydrogens (tertiary/aromatic N) is 2. The van der Waals surface area contributed by atoms with E-state index in [1.807, 2.05) is 0 Å². The molecule has 0 amide bonds. The molecule has 2 aromatic rings. The molecule has 0 aliphatic carbocycles. The molecule has 0 bridgehead atoms. The van der Waals surface area contributed by atoms with Gasteiger partial charge in [0.15, 0.2) is 5.75 Å². The number of aromatic nitrogens is 2. The Bertz CT molecular complexity index is 648. The summed E-state index contributed by atoms with van der Waals surface area (Å²) in [6, 6.07) is 3.24. The molecule has 0 aliphatic rings. The first kappa shape index (κ1) is 13.9. The van der Waals surface area contributed by atoms with E-state index in [-0.39, 0.29) is 11.3 Å². The molecule has 0 aliphatic heterocycles. The van der Waals surface area contributed by atoms with E-state index >= 15 is 0 Å². The van der Waals surface area contributed by atoms with Crippen molar-refractivity contribution in [2.24, 2.45) is 12.8 Å². The van der Waals surface area contributed by atoms with E-state index in [9.17, 15) is 13.2 Å². The minimum absolute atomic E-state index is 0.00433. The molecular formula is C12H11F3N4O. The molecule has 3 N–H and O–H groups in total. The van der Waals surface area contributed by atoms with Crippen LogP contribution in [0.3, 0.4) is 0 Å². The average molecular weight is 284 g/mol. The Morgan fingerprint density at radius 3 is 2.55 bits per heavy atom. The summed E-state index contributed by atoms with van der Waals surface area (Å²) in [7, 11) is 1.66. The zero-order valence-corrected chi connectivity index (χ0v) is 10.4. The molecule has 0 radical (unpaired) electrons. The molecule has 0 spiro atoms. The molecule has 106 valence electrons. The molecular weight excluding hydrogens is 273 g/mol. The van der Waals surface area contributed by atoms with Gasteiger partial charge in [-0.3, -0.25) is 10.1 Å². The number of ether oxygens (including phenoxy) is 1. The number of benzene rings is 1. The van der Waals surface area contributed by atoms with E-state index in [1.54, 1.807) is 7.05 Å². The summed E-state index contributed by atoms with van der Waals surface area (Å²) in [5.41, 5.74) is 3.76. The predicted molar refractivity (Wildman–Crippen MR) is 65.7 cm³/mol. The quantitative estimate of drug-likeness (QED) is 0.671. The third-order valence-electron chi connectivity index (χ3n) is 2.50. The van der Waals surface area contributed by atoms with Crippen LogP contribution in [0, 0.1) is 5.41 Å². The Kier molecular flexibility index (Phi) is 3.39. The van der Waals surface area contributed by atoms with Crippen molar-refractivity contribution in [3.8, 4) is 11.5 Å². The molecule has 0 saturated carbocycles. The third kappa shape index (κ3) is 2.90. The van der Waals surface area contributed by atoms with E-state index in [1.165, 1.54) is 23.1 Å². The van der Waals surface area contributed by atoms with Crippen LogP contribution in [-0.2, 0) is 13.2 Å². The Balaban J connectivity index is 2.39. The number of amidine groups is 1. The monoisotopic (exact) mass is 284 g/mol. The standard InChI is InChI=1S/C12H11F3N4O/c1-19-6-8(5-18-19)20-7-2-3-9(11(16)17)10(4-7)12(13,14)15/h2-6H,1H3,(H3,16,17). The van der Waals surface area contributed by atoms with Gasteiger partial charge < -0.3 is 10.5 Å². The zero-order valence-electron chi connectivity index (χ0n) is 10.4. The van der Waals surface area contributed by atoms with Crippen molar-refractivity contribution < 1.29 is 17.9 Å². The lowest BCUT2D eigenvalue weighted by Crippen LogP contribution is -2.18. The lowest BCUT2D eigenvalue weighted by Gasteiger charge is -2.13. The normalized spacial score (nSPS) is 11.4. The number of aryl methyl sites for hydroxylation is 1. The molecule has 8 heteroatoms. The van der Waals surface area contributed by atoms with Gasteiger partial charge in [0.1, 0.15) is 11.6 Å². The first-order valence-electron chi connectivity index (χ1n) is 5.49. The first-order chi connectivity index (χ1) is 9.27. The minimum Gasteiger partial charge on any atom is -0.454 e. The second-order valence-corrected chi connectivity index (χ2v) is 4.07. The number of nitrogens with two attached hydrogens (primary N) is 1. The molecule has 0 unspecified atom stereocenters. The molecule has 2 rings (SSSR count). The van der Waals surface area contributed by atoms with Crippen LogP contribution in [0.4, 0.5) is 13.2 Å². The highest BCUT2D eigenvalue weighted by Gasteiger charge is 2.34. The predicted octanol–water partition coefficient (Wildman–Crippen LogP) is 2.52. The van der Waals surface area contributed by atoms with Crippen LogP contribution in [0.1, 0.15) is 11.1 Å². The van der Waals surface area contributed by atoms with Crippen molar-refractivity contribution in [3.05, 3.63) is 41.7 Å². The Morgan fingerprint density at radius 2 is 2.05 bits per heavy atom. The lowest BCUT2D eigenvalue weighted by molar-refractivity contribution is -0.137. The van der Waals surface area contributed by atoms with Crippen molar-refractivity contribution in [2.75, 3.05) is 0 Å². The minimum atomic E-state index is -4.62. The summed E-state index contributed by atoms with van der Waals surface area (Å²) >= 11 is 0. The van der Waals surface area contributed by atoms with Crippen molar-refractivity contribution >= 4 is 5.84 Å². The number of nitrogens with one attached hydrogen (secondary N) is 1.